The highest BCUT2D eigenvalue weighted by Gasteiger charge is 2.27. The Labute approximate surface area is 185 Å². The van der Waals surface area contributed by atoms with Gasteiger partial charge in [-0.3, -0.25) is 23.7 Å². The zero-order valence-electron chi connectivity index (χ0n) is 17.0. The summed E-state index contributed by atoms with van der Waals surface area (Å²) < 4.78 is 1.17. The number of anilines is 1. The first-order chi connectivity index (χ1) is 14.7. The number of carbonyl (C=O) groups excluding carboxylic acids is 3. The maximum Gasteiger partial charge on any atom is 0.262 e. The van der Waals surface area contributed by atoms with E-state index >= 15 is 0 Å². The van der Waals surface area contributed by atoms with Crippen molar-refractivity contribution in [2.45, 2.75) is 39.7 Å². The SMILES string of the molecule is Cc1c(C(N)=O)sc2ncn(CC(=O)Nc3sc4c(c3C(N)=O)CCC(C)C4)c(=O)c12. The minimum atomic E-state index is -0.626. The van der Waals surface area contributed by atoms with Crippen molar-refractivity contribution in [3.63, 3.8) is 0 Å². The number of hydrogen-bond donors (Lipinski definition) is 3. The Bertz CT molecular complexity index is 1300. The van der Waals surface area contributed by atoms with E-state index in [-0.39, 0.29) is 16.8 Å². The molecule has 9 nitrogen and oxygen atoms in total. The molecule has 3 aromatic rings. The lowest BCUT2D eigenvalue weighted by Crippen LogP contribution is -2.28. The fraction of sp³-hybridized carbons (Fsp3) is 0.350. The van der Waals surface area contributed by atoms with Gasteiger partial charge in [0, 0.05) is 4.88 Å². The van der Waals surface area contributed by atoms with Crippen LogP contribution in [-0.4, -0.2) is 27.3 Å². The summed E-state index contributed by atoms with van der Waals surface area (Å²) >= 11 is 2.41. The minimum absolute atomic E-state index is 0.270. The van der Waals surface area contributed by atoms with Gasteiger partial charge in [-0.15, -0.1) is 22.7 Å². The van der Waals surface area contributed by atoms with Crippen LogP contribution < -0.4 is 22.3 Å². The topological polar surface area (TPSA) is 150 Å². The number of amides is 3. The third-order valence-corrected chi connectivity index (χ3v) is 7.85. The van der Waals surface area contributed by atoms with Gasteiger partial charge in [0.05, 0.1) is 22.2 Å². The number of hydrogen-bond acceptors (Lipinski definition) is 7. The molecule has 0 bridgehead atoms. The van der Waals surface area contributed by atoms with E-state index in [2.05, 4.69) is 17.2 Å². The van der Waals surface area contributed by atoms with Gasteiger partial charge in [0.15, 0.2) is 0 Å². The number of thiophene rings is 2. The molecular weight excluding hydrogens is 438 g/mol. The quantitative estimate of drug-likeness (QED) is 0.531. The highest BCUT2D eigenvalue weighted by Crippen LogP contribution is 2.39. The summed E-state index contributed by atoms with van der Waals surface area (Å²) in [6.45, 7) is 3.49. The lowest BCUT2D eigenvalue weighted by Gasteiger charge is -2.18. The Morgan fingerprint density at radius 1 is 1.26 bits per heavy atom. The predicted molar refractivity (Wildman–Crippen MR) is 120 cm³/mol. The monoisotopic (exact) mass is 459 g/mol. The summed E-state index contributed by atoms with van der Waals surface area (Å²) in [5.74, 6) is -1.17. The van der Waals surface area contributed by atoms with Gasteiger partial charge < -0.3 is 16.8 Å². The number of nitrogens with zero attached hydrogens (tertiary/aromatic N) is 2. The molecule has 0 saturated heterocycles. The van der Waals surface area contributed by atoms with E-state index in [1.165, 1.54) is 22.2 Å². The highest BCUT2D eigenvalue weighted by molar-refractivity contribution is 7.20. The molecule has 0 aliphatic heterocycles. The largest absolute Gasteiger partial charge is 0.365 e. The number of aromatic nitrogens is 2. The van der Waals surface area contributed by atoms with Crippen molar-refractivity contribution < 1.29 is 14.4 Å². The standard InChI is InChI=1S/C20H21N5O4S2/c1-8-3-4-10-11(5-8)30-19(14(10)16(21)27)24-12(26)6-25-7-23-18-13(20(25)29)9(2)15(31-18)17(22)28/h7-8H,3-6H2,1-2H3,(H2,21,27)(H2,22,28)(H,24,26). The first-order valence-electron chi connectivity index (χ1n) is 9.69. The summed E-state index contributed by atoms with van der Waals surface area (Å²) in [6.07, 6.45) is 3.82. The van der Waals surface area contributed by atoms with Crippen LogP contribution >= 0.6 is 22.7 Å². The van der Waals surface area contributed by atoms with Crippen LogP contribution in [0.25, 0.3) is 10.2 Å². The van der Waals surface area contributed by atoms with Gasteiger partial charge in [0.1, 0.15) is 16.4 Å². The van der Waals surface area contributed by atoms with Crippen molar-refractivity contribution >= 4 is 55.6 Å². The summed E-state index contributed by atoms with van der Waals surface area (Å²) in [7, 11) is 0. The molecule has 11 heteroatoms. The molecule has 0 spiro atoms. The molecule has 3 amide bonds. The lowest BCUT2D eigenvalue weighted by molar-refractivity contribution is -0.116. The van der Waals surface area contributed by atoms with Crippen molar-refractivity contribution in [3.8, 4) is 0 Å². The average molecular weight is 460 g/mol. The van der Waals surface area contributed by atoms with E-state index in [0.29, 0.717) is 26.9 Å². The molecule has 4 rings (SSSR count). The number of rotatable bonds is 5. The molecule has 3 heterocycles. The summed E-state index contributed by atoms with van der Waals surface area (Å²) in [4.78, 5) is 55.1. The molecule has 31 heavy (non-hydrogen) atoms. The number of primary amides is 2. The van der Waals surface area contributed by atoms with E-state index in [9.17, 15) is 19.2 Å². The number of nitrogens with one attached hydrogen (secondary N) is 1. The van der Waals surface area contributed by atoms with Crippen LogP contribution in [0.2, 0.25) is 0 Å². The second-order valence-electron chi connectivity index (χ2n) is 7.75. The Morgan fingerprint density at radius 2 is 2.00 bits per heavy atom. The molecule has 5 N–H and O–H groups in total. The second-order valence-corrected chi connectivity index (χ2v) is 9.85. The molecule has 162 valence electrons. The van der Waals surface area contributed by atoms with Crippen LogP contribution in [-0.2, 0) is 24.2 Å². The van der Waals surface area contributed by atoms with Crippen LogP contribution in [0.1, 0.15) is 49.4 Å². The minimum Gasteiger partial charge on any atom is -0.365 e. The first kappa shape index (κ1) is 21.2. The maximum atomic E-state index is 12.9. The van der Waals surface area contributed by atoms with E-state index < -0.39 is 23.3 Å². The number of fused-ring (bicyclic) bond motifs is 2. The van der Waals surface area contributed by atoms with Crippen LogP contribution in [0.3, 0.4) is 0 Å². The number of carbonyl (C=O) groups is 3. The van der Waals surface area contributed by atoms with E-state index in [1.54, 1.807) is 6.92 Å². The Kier molecular flexibility index (Phi) is 5.40. The molecule has 1 unspecified atom stereocenters. The van der Waals surface area contributed by atoms with Gasteiger partial charge in [-0.2, -0.15) is 0 Å². The van der Waals surface area contributed by atoms with E-state index in [0.717, 1.165) is 41.0 Å². The van der Waals surface area contributed by atoms with Crippen molar-refractivity contribution in [2.75, 3.05) is 5.32 Å². The van der Waals surface area contributed by atoms with Gasteiger partial charge in [0.25, 0.3) is 17.4 Å². The molecule has 1 aliphatic carbocycles. The zero-order valence-corrected chi connectivity index (χ0v) is 18.6. The normalized spacial score (nSPS) is 15.6. The molecule has 3 aromatic heterocycles. The van der Waals surface area contributed by atoms with Crippen LogP contribution in [0, 0.1) is 12.8 Å². The van der Waals surface area contributed by atoms with Gasteiger partial charge >= 0.3 is 0 Å². The van der Waals surface area contributed by atoms with Crippen molar-refractivity contribution in [3.05, 3.63) is 43.1 Å². The average Bonchev–Trinajstić information content (AvgIpc) is 3.21. The fourth-order valence-electron chi connectivity index (χ4n) is 3.93. The van der Waals surface area contributed by atoms with Gasteiger partial charge in [0.2, 0.25) is 5.91 Å². The molecule has 0 aromatic carbocycles. The van der Waals surface area contributed by atoms with Crippen LogP contribution in [0.5, 0.6) is 0 Å². The summed E-state index contributed by atoms with van der Waals surface area (Å²) in [6, 6.07) is 0. The smallest absolute Gasteiger partial charge is 0.262 e. The van der Waals surface area contributed by atoms with Crippen molar-refractivity contribution in [2.24, 2.45) is 17.4 Å². The molecule has 1 aliphatic rings. The summed E-state index contributed by atoms with van der Waals surface area (Å²) in [5, 5.41) is 3.43. The molecular formula is C20H21N5O4S2. The van der Waals surface area contributed by atoms with Crippen LogP contribution in [0.15, 0.2) is 11.1 Å². The summed E-state index contributed by atoms with van der Waals surface area (Å²) in [5.41, 5.74) is 12.2. The maximum absolute atomic E-state index is 12.9. The zero-order chi connectivity index (χ0) is 22.4. The Balaban J connectivity index is 1.63. The van der Waals surface area contributed by atoms with E-state index in [4.69, 9.17) is 11.5 Å². The number of nitrogens with two attached hydrogens (primary N) is 2. The van der Waals surface area contributed by atoms with Gasteiger partial charge in [-0.05, 0) is 43.2 Å². The van der Waals surface area contributed by atoms with Gasteiger partial charge in [-0.25, -0.2) is 4.98 Å². The molecule has 0 fully saturated rings. The molecule has 0 saturated carbocycles. The van der Waals surface area contributed by atoms with Crippen molar-refractivity contribution in [1.82, 2.24) is 9.55 Å². The van der Waals surface area contributed by atoms with Crippen molar-refractivity contribution in [1.29, 1.82) is 0 Å². The first-order valence-corrected chi connectivity index (χ1v) is 11.3. The molecule has 1 atom stereocenters. The Morgan fingerprint density at radius 3 is 2.68 bits per heavy atom. The predicted octanol–water partition coefficient (Wildman–Crippen LogP) is 1.79. The third-order valence-electron chi connectivity index (χ3n) is 5.47. The lowest BCUT2D eigenvalue weighted by atomic mass is 9.88. The second kappa shape index (κ2) is 7.89. The number of aryl methyl sites for hydroxylation is 1. The fourth-order valence-corrected chi connectivity index (χ4v) is 6.35. The third kappa shape index (κ3) is 3.74. The Hall–Kier alpha value is -3.05. The molecule has 0 radical (unpaired) electrons. The van der Waals surface area contributed by atoms with E-state index in [1.807, 2.05) is 0 Å². The van der Waals surface area contributed by atoms with Crippen LogP contribution in [0.4, 0.5) is 5.00 Å². The highest BCUT2D eigenvalue weighted by atomic mass is 32.1. The van der Waals surface area contributed by atoms with Gasteiger partial charge in [-0.1, -0.05) is 6.92 Å².